The third kappa shape index (κ3) is 2.52. The number of carbonyl (C=O) groups is 1. The number of amides is 1. The molecule has 2 bridgehead atoms. The van der Waals surface area contributed by atoms with Crippen LogP contribution in [-0.4, -0.2) is 22.2 Å². The molecule has 5 heteroatoms. The first-order chi connectivity index (χ1) is 9.13. The molecule has 3 rings (SSSR count). The maximum Gasteiger partial charge on any atom is 0.241 e. The van der Waals surface area contributed by atoms with Gasteiger partial charge in [0.25, 0.3) is 0 Å². The summed E-state index contributed by atoms with van der Waals surface area (Å²) in [6.45, 7) is 0.786. The molecule has 0 spiro atoms. The molecule has 3 N–H and O–H groups in total. The zero-order valence-electron chi connectivity index (χ0n) is 11.4. The van der Waals surface area contributed by atoms with Crippen LogP contribution in [-0.2, 0) is 11.8 Å². The zero-order valence-corrected chi connectivity index (χ0v) is 11.4. The summed E-state index contributed by atoms with van der Waals surface area (Å²) in [5.41, 5.74) is 6.72. The Bertz CT molecular complexity index is 470. The smallest absolute Gasteiger partial charge is 0.241 e. The van der Waals surface area contributed by atoms with E-state index in [0.717, 1.165) is 23.9 Å². The molecule has 0 saturated heterocycles. The van der Waals surface area contributed by atoms with Crippen LogP contribution in [0.1, 0.15) is 37.3 Å². The fraction of sp³-hybridized carbons (Fsp3) is 0.714. The van der Waals surface area contributed by atoms with E-state index < -0.39 is 6.04 Å². The van der Waals surface area contributed by atoms with Crippen LogP contribution in [0.5, 0.6) is 0 Å². The van der Waals surface area contributed by atoms with Crippen LogP contribution in [0.15, 0.2) is 12.4 Å². The van der Waals surface area contributed by atoms with Crippen LogP contribution in [0.2, 0.25) is 0 Å². The molecule has 5 nitrogen and oxygen atoms in total. The molecule has 1 aromatic rings. The number of aromatic nitrogens is 2. The van der Waals surface area contributed by atoms with Gasteiger partial charge in [-0.25, -0.2) is 0 Å². The van der Waals surface area contributed by atoms with Crippen molar-refractivity contribution in [2.45, 2.75) is 31.7 Å². The number of nitrogens with two attached hydrogens (primary N) is 1. The van der Waals surface area contributed by atoms with E-state index in [0.29, 0.717) is 5.92 Å². The van der Waals surface area contributed by atoms with Gasteiger partial charge < -0.3 is 11.1 Å². The highest BCUT2D eigenvalue weighted by Gasteiger charge is 2.39. The molecular weight excluding hydrogens is 240 g/mol. The second kappa shape index (κ2) is 4.96. The average molecular weight is 262 g/mol. The van der Waals surface area contributed by atoms with E-state index in [-0.39, 0.29) is 5.91 Å². The van der Waals surface area contributed by atoms with Gasteiger partial charge in [0.05, 0.1) is 6.20 Å². The predicted octanol–water partition coefficient (Wildman–Crippen LogP) is 0.972. The number of rotatable bonds is 4. The highest BCUT2D eigenvalue weighted by Crippen LogP contribution is 2.47. The second-order valence-electron chi connectivity index (χ2n) is 6.11. The van der Waals surface area contributed by atoms with Gasteiger partial charge in [-0.15, -0.1) is 0 Å². The Morgan fingerprint density at radius 2 is 2.42 bits per heavy atom. The summed E-state index contributed by atoms with van der Waals surface area (Å²) < 4.78 is 1.67. The Balaban J connectivity index is 1.51. The average Bonchev–Trinajstić information content (AvgIpc) is 3.10. The van der Waals surface area contributed by atoms with Crippen molar-refractivity contribution < 1.29 is 4.79 Å². The summed E-state index contributed by atoms with van der Waals surface area (Å²) in [6, 6.07) is -0.604. The molecule has 0 radical (unpaired) electrons. The maximum atomic E-state index is 12.0. The van der Waals surface area contributed by atoms with Crippen molar-refractivity contribution in [3.63, 3.8) is 0 Å². The van der Waals surface area contributed by atoms with Crippen molar-refractivity contribution >= 4 is 5.91 Å². The molecule has 1 amide bonds. The van der Waals surface area contributed by atoms with E-state index in [4.69, 9.17) is 5.73 Å². The van der Waals surface area contributed by atoms with Crippen LogP contribution in [0.3, 0.4) is 0 Å². The standard InChI is InChI=1S/C14H22N4O/c1-18-8-12(7-17-18)13(15)14(19)16-6-11-5-9-2-3-10(11)4-9/h7-11,13H,2-6,15H2,1H3,(H,16,19). The molecule has 4 unspecified atom stereocenters. The van der Waals surface area contributed by atoms with Gasteiger partial charge in [-0.3, -0.25) is 9.48 Å². The number of hydrogen-bond donors (Lipinski definition) is 2. The largest absolute Gasteiger partial charge is 0.354 e. The third-order valence-corrected chi connectivity index (χ3v) is 4.79. The maximum absolute atomic E-state index is 12.0. The fourth-order valence-corrected chi connectivity index (χ4v) is 3.72. The van der Waals surface area contributed by atoms with E-state index in [1.807, 2.05) is 7.05 Å². The van der Waals surface area contributed by atoms with Gasteiger partial charge in [0.15, 0.2) is 0 Å². The minimum absolute atomic E-state index is 0.0872. The van der Waals surface area contributed by atoms with Crippen molar-refractivity contribution in [1.82, 2.24) is 15.1 Å². The number of nitrogens with zero attached hydrogens (tertiary/aromatic N) is 2. The topological polar surface area (TPSA) is 72.9 Å². The predicted molar refractivity (Wildman–Crippen MR) is 72.1 cm³/mol. The summed E-state index contributed by atoms with van der Waals surface area (Å²) in [6.07, 6.45) is 8.84. The lowest BCUT2D eigenvalue weighted by atomic mass is 9.89. The van der Waals surface area contributed by atoms with E-state index >= 15 is 0 Å². The minimum Gasteiger partial charge on any atom is -0.354 e. The first-order valence-electron chi connectivity index (χ1n) is 7.15. The van der Waals surface area contributed by atoms with Gasteiger partial charge in [0.1, 0.15) is 6.04 Å². The summed E-state index contributed by atoms with van der Waals surface area (Å²) in [5, 5.41) is 7.06. The molecule has 0 aromatic carbocycles. The summed E-state index contributed by atoms with van der Waals surface area (Å²) in [5.74, 6) is 2.33. The van der Waals surface area contributed by atoms with Crippen molar-refractivity contribution in [3.8, 4) is 0 Å². The van der Waals surface area contributed by atoms with Gasteiger partial charge in [0, 0.05) is 25.4 Å². The van der Waals surface area contributed by atoms with Crippen molar-refractivity contribution in [1.29, 1.82) is 0 Å². The van der Waals surface area contributed by atoms with Crippen molar-refractivity contribution in [2.75, 3.05) is 6.54 Å². The normalized spacial score (nSPS) is 30.5. The monoisotopic (exact) mass is 262 g/mol. The molecule has 1 heterocycles. The quantitative estimate of drug-likeness (QED) is 0.849. The Kier molecular flexibility index (Phi) is 3.31. The molecule has 2 fully saturated rings. The van der Waals surface area contributed by atoms with Crippen molar-refractivity contribution in [3.05, 3.63) is 18.0 Å². The second-order valence-corrected chi connectivity index (χ2v) is 6.11. The number of aryl methyl sites for hydroxylation is 1. The lowest BCUT2D eigenvalue weighted by molar-refractivity contribution is -0.122. The van der Waals surface area contributed by atoms with E-state index in [1.54, 1.807) is 17.1 Å². The van der Waals surface area contributed by atoms with E-state index in [1.165, 1.54) is 25.7 Å². The minimum atomic E-state index is -0.604. The van der Waals surface area contributed by atoms with Crippen LogP contribution in [0, 0.1) is 17.8 Å². The number of carbonyl (C=O) groups excluding carboxylic acids is 1. The lowest BCUT2D eigenvalue weighted by Crippen LogP contribution is -2.37. The Hall–Kier alpha value is -1.36. The fourth-order valence-electron chi connectivity index (χ4n) is 3.72. The SMILES string of the molecule is Cn1cc(C(N)C(=O)NCC2CC3CCC2C3)cn1. The van der Waals surface area contributed by atoms with Gasteiger partial charge in [-0.1, -0.05) is 6.42 Å². The molecular formula is C14H22N4O. The highest BCUT2D eigenvalue weighted by atomic mass is 16.2. The van der Waals surface area contributed by atoms with Crippen LogP contribution >= 0.6 is 0 Å². The van der Waals surface area contributed by atoms with Gasteiger partial charge in [0.2, 0.25) is 5.91 Å². The molecule has 2 aliphatic carbocycles. The number of nitrogens with one attached hydrogen (secondary N) is 1. The van der Waals surface area contributed by atoms with Gasteiger partial charge in [-0.2, -0.15) is 5.10 Å². The molecule has 104 valence electrons. The highest BCUT2D eigenvalue weighted by molar-refractivity contribution is 5.82. The summed E-state index contributed by atoms with van der Waals surface area (Å²) >= 11 is 0. The Morgan fingerprint density at radius 1 is 1.58 bits per heavy atom. The van der Waals surface area contributed by atoms with Crippen LogP contribution in [0.4, 0.5) is 0 Å². The molecule has 2 aliphatic rings. The van der Waals surface area contributed by atoms with Crippen LogP contribution in [0.25, 0.3) is 0 Å². The Labute approximate surface area is 113 Å². The molecule has 2 saturated carbocycles. The Morgan fingerprint density at radius 3 is 3.00 bits per heavy atom. The van der Waals surface area contributed by atoms with Crippen molar-refractivity contribution in [2.24, 2.45) is 30.5 Å². The number of hydrogen-bond acceptors (Lipinski definition) is 3. The summed E-state index contributed by atoms with van der Waals surface area (Å²) in [4.78, 5) is 12.0. The molecule has 0 aliphatic heterocycles. The molecule has 4 atom stereocenters. The lowest BCUT2D eigenvalue weighted by Gasteiger charge is -2.22. The van der Waals surface area contributed by atoms with Crippen LogP contribution < -0.4 is 11.1 Å². The first-order valence-corrected chi connectivity index (χ1v) is 7.15. The van der Waals surface area contributed by atoms with Gasteiger partial charge >= 0.3 is 0 Å². The van der Waals surface area contributed by atoms with E-state index in [2.05, 4.69) is 10.4 Å². The third-order valence-electron chi connectivity index (χ3n) is 4.79. The van der Waals surface area contributed by atoms with E-state index in [9.17, 15) is 4.79 Å². The van der Waals surface area contributed by atoms with Gasteiger partial charge in [-0.05, 0) is 37.0 Å². The molecule has 1 aromatic heterocycles. The molecule has 19 heavy (non-hydrogen) atoms. The summed E-state index contributed by atoms with van der Waals surface area (Å²) in [7, 11) is 1.82. The first kappa shape index (κ1) is 12.7. The number of fused-ring (bicyclic) bond motifs is 2. The zero-order chi connectivity index (χ0) is 13.4.